The van der Waals surface area contributed by atoms with E-state index in [-0.39, 0.29) is 5.82 Å². The van der Waals surface area contributed by atoms with Gasteiger partial charge in [-0.25, -0.2) is 4.39 Å². The van der Waals surface area contributed by atoms with Crippen LogP contribution in [-0.2, 0) is 0 Å². The zero-order valence-corrected chi connectivity index (χ0v) is 7.35. The SMILES string of the molecule is O=Cc1ccn(-c2cccc(F)c2)c1. The zero-order chi connectivity index (χ0) is 9.97. The van der Waals surface area contributed by atoms with E-state index in [1.807, 2.05) is 0 Å². The summed E-state index contributed by atoms with van der Waals surface area (Å²) >= 11 is 0. The van der Waals surface area contributed by atoms with E-state index in [4.69, 9.17) is 0 Å². The van der Waals surface area contributed by atoms with Crippen LogP contribution in [0.15, 0.2) is 42.7 Å². The molecule has 0 unspecified atom stereocenters. The van der Waals surface area contributed by atoms with Gasteiger partial charge in [-0.3, -0.25) is 4.79 Å². The van der Waals surface area contributed by atoms with Crippen LogP contribution in [0.2, 0.25) is 0 Å². The Labute approximate surface area is 80.6 Å². The Hall–Kier alpha value is -1.90. The van der Waals surface area contributed by atoms with Crippen LogP contribution in [0.4, 0.5) is 4.39 Å². The minimum absolute atomic E-state index is 0.288. The minimum Gasteiger partial charge on any atom is -0.323 e. The number of hydrogen-bond acceptors (Lipinski definition) is 1. The minimum atomic E-state index is -0.288. The van der Waals surface area contributed by atoms with Gasteiger partial charge < -0.3 is 4.57 Å². The summed E-state index contributed by atoms with van der Waals surface area (Å²) in [6, 6.07) is 7.88. The van der Waals surface area contributed by atoms with Crippen molar-refractivity contribution in [2.24, 2.45) is 0 Å². The van der Waals surface area contributed by atoms with E-state index in [0.717, 1.165) is 6.29 Å². The first kappa shape index (κ1) is 8.69. The van der Waals surface area contributed by atoms with Crippen LogP contribution in [-0.4, -0.2) is 10.9 Å². The van der Waals surface area contributed by atoms with Gasteiger partial charge >= 0.3 is 0 Å². The molecule has 2 rings (SSSR count). The van der Waals surface area contributed by atoms with Crippen molar-refractivity contribution in [2.45, 2.75) is 0 Å². The van der Waals surface area contributed by atoms with Crippen LogP contribution < -0.4 is 0 Å². The maximum absolute atomic E-state index is 12.9. The Morgan fingerprint density at radius 3 is 2.79 bits per heavy atom. The second-order valence-electron chi connectivity index (χ2n) is 2.95. The van der Waals surface area contributed by atoms with Crippen LogP contribution in [0.5, 0.6) is 0 Å². The van der Waals surface area contributed by atoms with E-state index in [0.29, 0.717) is 11.3 Å². The lowest BCUT2D eigenvalue weighted by atomic mass is 10.3. The van der Waals surface area contributed by atoms with Crippen molar-refractivity contribution in [3.63, 3.8) is 0 Å². The fourth-order valence-electron chi connectivity index (χ4n) is 1.28. The molecule has 0 saturated heterocycles. The fraction of sp³-hybridized carbons (Fsp3) is 0. The third kappa shape index (κ3) is 1.57. The highest BCUT2D eigenvalue weighted by Crippen LogP contribution is 2.11. The quantitative estimate of drug-likeness (QED) is 0.665. The summed E-state index contributed by atoms with van der Waals surface area (Å²) in [6.07, 6.45) is 4.13. The summed E-state index contributed by atoms with van der Waals surface area (Å²) in [6.45, 7) is 0. The highest BCUT2D eigenvalue weighted by atomic mass is 19.1. The van der Waals surface area contributed by atoms with Crippen LogP contribution in [0.3, 0.4) is 0 Å². The number of rotatable bonds is 2. The van der Waals surface area contributed by atoms with Gasteiger partial charge in [0.2, 0.25) is 0 Å². The zero-order valence-electron chi connectivity index (χ0n) is 7.35. The Morgan fingerprint density at radius 2 is 2.14 bits per heavy atom. The van der Waals surface area contributed by atoms with E-state index >= 15 is 0 Å². The largest absolute Gasteiger partial charge is 0.323 e. The molecule has 2 aromatic rings. The predicted molar refractivity (Wildman–Crippen MR) is 51.1 cm³/mol. The maximum Gasteiger partial charge on any atom is 0.151 e. The summed E-state index contributed by atoms with van der Waals surface area (Å²) in [7, 11) is 0. The molecule has 0 aliphatic heterocycles. The number of hydrogen-bond donors (Lipinski definition) is 0. The molecule has 14 heavy (non-hydrogen) atoms. The van der Waals surface area contributed by atoms with Crippen LogP contribution >= 0.6 is 0 Å². The van der Waals surface area contributed by atoms with Gasteiger partial charge in [0.1, 0.15) is 5.82 Å². The van der Waals surface area contributed by atoms with E-state index in [1.165, 1.54) is 12.1 Å². The molecule has 1 heterocycles. The molecular formula is C11H8FNO. The molecule has 0 radical (unpaired) electrons. The lowest BCUT2D eigenvalue weighted by Gasteiger charge is -2.01. The van der Waals surface area contributed by atoms with Crippen molar-refractivity contribution < 1.29 is 9.18 Å². The summed E-state index contributed by atoms with van der Waals surface area (Å²) in [5.41, 5.74) is 1.28. The normalized spacial score (nSPS) is 10.1. The highest BCUT2D eigenvalue weighted by Gasteiger charge is 1.98. The topological polar surface area (TPSA) is 22.0 Å². The molecule has 3 heteroatoms. The average Bonchev–Trinajstić information content (AvgIpc) is 2.66. The lowest BCUT2D eigenvalue weighted by molar-refractivity contribution is 0.112. The Balaban J connectivity index is 2.43. The summed E-state index contributed by atoms with van der Waals surface area (Å²) in [4.78, 5) is 10.4. The maximum atomic E-state index is 12.9. The number of benzene rings is 1. The molecule has 0 N–H and O–H groups in total. The summed E-state index contributed by atoms with van der Waals surface area (Å²) < 4.78 is 14.6. The smallest absolute Gasteiger partial charge is 0.151 e. The summed E-state index contributed by atoms with van der Waals surface area (Å²) in [5.74, 6) is -0.288. The van der Waals surface area contributed by atoms with Gasteiger partial charge in [0.05, 0.1) is 0 Å². The highest BCUT2D eigenvalue weighted by molar-refractivity contribution is 5.74. The van der Waals surface area contributed by atoms with Gasteiger partial charge in [-0.1, -0.05) is 6.07 Å². The van der Waals surface area contributed by atoms with Gasteiger partial charge in [-0.15, -0.1) is 0 Å². The van der Waals surface area contributed by atoms with Crippen molar-refractivity contribution in [1.82, 2.24) is 4.57 Å². The first-order valence-electron chi connectivity index (χ1n) is 4.19. The second kappa shape index (κ2) is 3.46. The molecule has 0 aliphatic carbocycles. The molecule has 1 aromatic heterocycles. The molecule has 0 saturated carbocycles. The first-order chi connectivity index (χ1) is 6.79. The van der Waals surface area contributed by atoms with Crippen molar-refractivity contribution in [1.29, 1.82) is 0 Å². The molecule has 0 spiro atoms. The fourth-order valence-corrected chi connectivity index (χ4v) is 1.28. The number of nitrogens with zero attached hydrogens (tertiary/aromatic N) is 1. The summed E-state index contributed by atoms with van der Waals surface area (Å²) in [5, 5.41) is 0. The molecule has 0 amide bonds. The Bertz CT molecular complexity index is 462. The number of carbonyl (C=O) groups excluding carboxylic acids is 1. The monoisotopic (exact) mass is 189 g/mol. The van der Waals surface area contributed by atoms with Gasteiger partial charge in [-0.2, -0.15) is 0 Å². The number of aldehydes is 1. The third-order valence-corrected chi connectivity index (χ3v) is 1.96. The number of halogens is 1. The predicted octanol–water partition coefficient (Wildman–Crippen LogP) is 2.43. The van der Waals surface area contributed by atoms with E-state index in [9.17, 15) is 9.18 Å². The van der Waals surface area contributed by atoms with Crippen molar-refractivity contribution in [3.8, 4) is 5.69 Å². The molecule has 0 bridgehead atoms. The molecule has 0 atom stereocenters. The van der Waals surface area contributed by atoms with E-state index in [2.05, 4.69) is 0 Å². The molecular weight excluding hydrogens is 181 g/mol. The number of carbonyl (C=O) groups is 1. The van der Waals surface area contributed by atoms with Crippen molar-refractivity contribution in [2.75, 3.05) is 0 Å². The Kier molecular flexibility index (Phi) is 2.14. The van der Waals surface area contributed by atoms with Gasteiger partial charge in [-0.05, 0) is 24.3 Å². The van der Waals surface area contributed by atoms with Crippen LogP contribution in [0.1, 0.15) is 10.4 Å². The Morgan fingerprint density at radius 1 is 1.29 bits per heavy atom. The second-order valence-corrected chi connectivity index (χ2v) is 2.95. The standard InChI is InChI=1S/C11H8FNO/c12-10-2-1-3-11(6-10)13-5-4-9(7-13)8-14/h1-8H. The molecule has 70 valence electrons. The van der Waals surface area contributed by atoms with E-state index in [1.54, 1.807) is 35.2 Å². The first-order valence-corrected chi connectivity index (χ1v) is 4.19. The number of aromatic nitrogens is 1. The van der Waals surface area contributed by atoms with Crippen LogP contribution in [0.25, 0.3) is 5.69 Å². The lowest BCUT2D eigenvalue weighted by Crippen LogP contribution is -1.90. The van der Waals surface area contributed by atoms with Crippen molar-refractivity contribution >= 4 is 6.29 Å². The average molecular weight is 189 g/mol. The van der Waals surface area contributed by atoms with Gasteiger partial charge in [0.15, 0.2) is 6.29 Å². The third-order valence-electron chi connectivity index (χ3n) is 1.96. The van der Waals surface area contributed by atoms with Crippen LogP contribution in [0, 0.1) is 5.82 Å². The van der Waals surface area contributed by atoms with Gasteiger partial charge in [0, 0.05) is 23.6 Å². The van der Waals surface area contributed by atoms with Gasteiger partial charge in [0.25, 0.3) is 0 Å². The molecule has 0 fully saturated rings. The molecule has 0 aliphatic rings. The molecule has 2 nitrogen and oxygen atoms in total. The van der Waals surface area contributed by atoms with Crippen molar-refractivity contribution in [3.05, 3.63) is 54.1 Å². The molecule has 1 aromatic carbocycles. The van der Waals surface area contributed by atoms with E-state index < -0.39 is 0 Å².